The molecule has 1 aromatic carbocycles. The molecular weight excluding hydrogens is 262 g/mol. The van der Waals surface area contributed by atoms with Gasteiger partial charge in [-0.15, -0.1) is 0 Å². The average molecular weight is 285 g/mol. The Morgan fingerprint density at radius 3 is 2.76 bits per heavy atom. The van der Waals surface area contributed by atoms with Gasteiger partial charge in [-0.3, -0.25) is 0 Å². The minimum atomic E-state index is -0.366. The molecule has 0 amide bonds. The first-order valence-electron chi connectivity index (χ1n) is 7.45. The summed E-state index contributed by atoms with van der Waals surface area (Å²) in [5, 5.41) is 10.4. The van der Waals surface area contributed by atoms with Gasteiger partial charge in [-0.2, -0.15) is 0 Å². The second kappa shape index (κ2) is 4.92. The monoisotopic (exact) mass is 285 g/mol. The van der Waals surface area contributed by atoms with Crippen molar-refractivity contribution in [3.63, 3.8) is 0 Å². The number of aliphatic hydroxyl groups is 1. The molecule has 0 aliphatic heterocycles. The van der Waals surface area contributed by atoms with E-state index in [4.69, 9.17) is 4.74 Å². The van der Waals surface area contributed by atoms with E-state index in [2.05, 4.69) is 37.5 Å². The van der Waals surface area contributed by atoms with Gasteiger partial charge in [-0.1, -0.05) is 19.9 Å². The zero-order valence-corrected chi connectivity index (χ0v) is 13.2. The van der Waals surface area contributed by atoms with E-state index in [1.807, 2.05) is 18.2 Å². The zero-order valence-electron chi connectivity index (χ0n) is 13.2. The molecule has 3 nitrogen and oxygen atoms in total. The van der Waals surface area contributed by atoms with Crippen molar-refractivity contribution in [2.75, 3.05) is 7.11 Å². The Balaban J connectivity index is 2.16. The quantitative estimate of drug-likeness (QED) is 0.910. The molecule has 0 fully saturated rings. The van der Waals surface area contributed by atoms with Gasteiger partial charge >= 0.3 is 0 Å². The molecule has 1 aromatic heterocycles. The maximum atomic E-state index is 10.4. The van der Waals surface area contributed by atoms with Crippen LogP contribution in [0.5, 0.6) is 5.75 Å². The van der Waals surface area contributed by atoms with Crippen molar-refractivity contribution in [1.29, 1.82) is 0 Å². The molecule has 0 saturated heterocycles. The van der Waals surface area contributed by atoms with E-state index in [1.54, 1.807) is 7.11 Å². The summed E-state index contributed by atoms with van der Waals surface area (Å²) in [6.07, 6.45) is 1.43. The third-order valence-electron chi connectivity index (χ3n) is 4.38. The Hall–Kier alpha value is -1.74. The van der Waals surface area contributed by atoms with Crippen LogP contribution in [0.15, 0.2) is 30.3 Å². The lowest BCUT2D eigenvalue weighted by Gasteiger charge is -2.34. The highest BCUT2D eigenvalue weighted by atomic mass is 16.5. The van der Waals surface area contributed by atoms with Crippen molar-refractivity contribution >= 4 is 0 Å². The van der Waals surface area contributed by atoms with Gasteiger partial charge < -0.3 is 14.4 Å². The molecule has 1 atom stereocenters. The van der Waals surface area contributed by atoms with Crippen LogP contribution in [0.1, 0.15) is 43.3 Å². The maximum absolute atomic E-state index is 10.4. The van der Waals surface area contributed by atoms with Gasteiger partial charge in [-0.25, -0.2) is 0 Å². The van der Waals surface area contributed by atoms with Crippen LogP contribution in [0.2, 0.25) is 0 Å². The molecule has 1 aliphatic carbocycles. The second-order valence-corrected chi connectivity index (χ2v) is 6.79. The van der Waals surface area contributed by atoms with E-state index in [0.29, 0.717) is 0 Å². The van der Waals surface area contributed by atoms with Crippen molar-refractivity contribution in [2.45, 2.75) is 39.7 Å². The molecule has 1 aliphatic rings. The third kappa shape index (κ3) is 2.46. The van der Waals surface area contributed by atoms with E-state index < -0.39 is 0 Å². The van der Waals surface area contributed by atoms with E-state index in [9.17, 15) is 5.11 Å². The lowest BCUT2D eigenvalue weighted by atomic mass is 9.75. The average Bonchev–Trinajstić information content (AvgIpc) is 2.74. The number of aryl methyl sites for hydroxylation is 1. The number of methoxy groups -OCH3 is 1. The normalized spacial score (nSPS) is 20.1. The van der Waals surface area contributed by atoms with Gasteiger partial charge in [-0.05, 0) is 43.4 Å². The lowest BCUT2D eigenvalue weighted by Crippen LogP contribution is -2.26. The van der Waals surface area contributed by atoms with Crippen LogP contribution < -0.4 is 4.74 Å². The molecule has 0 bridgehead atoms. The molecule has 1 N–H and O–H groups in total. The zero-order chi connectivity index (χ0) is 15.2. The lowest BCUT2D eigenvalue weighted by molar-refractivity contribution is 0.0987. The van der Waals surface area contributed by atoms with Crippen LogP contribution in [0.4, 0.5) is 0 Å². The van der Waals surface area contributed by atoms with E-state index in [0.717, 1.165) is 35.5 Å². The van der Waals surface area contributed by atoms with Crippen LogP contribution in [-0.2, 0) is 6.42 Å². The first-order valence-corrected chi connectivity index (χ1v) is 7.45. The molecule has 2 aromatic rings. The largest absolute Gasteiger partial charge is 0.497 e. The van der Waals surface area contributed by atoms with Gasteiger partial charge in [0.1, 0.15) is 5.75 Å². The van der Waals surface area contributed by atoms with Crippen LogP contribution in [0.3, 0.4) is 0 Å². The highest BCUT2D eigenvalue weighted by Crippen LogP contribution is 2.42. The first kappa shape index (κ1) is 14.2. The van der Waals surface area contributed by atoms with Gasteiger partial charge in [0.15, 0.2) is 0 Å². The summed E-state index contributed by atoms with van der Waals surface area (Å²) in [4.78, 5) is 0. The minimum absolute atomic E-state index is 0.119. The Morgan fingerprint density at radius 2 is 2.05 bits per heavy atom. The fourth-order valence-electron chi connectivity index (χ4n) is 3.45. The van der Waals surface area contributed by atoms with Crippen LogP contribution in [-0.4, -0.2) is 16.8 Å². The number of fused-ring (bicyclic) bond motifs is 1. The fraction of sp³-hybridized carbons (Fsp3) is 0.444. The number of ether oxygens (including phenoxy) is 1. The summed E-state index contributed by atoms with van der Waals surface area (Å²) in [7, 11) is 1.68. The number of hydrogen-bond donors (Lipinski definition) is 1. The summed E-state index contributed by atoms with van der Waals surface area (Å²) < 4.78 is 7.59. The summed E-state index contributed by atoms with van der Waals surface area (Å²) in [5.41, 5.74) is 4.68. The van der Waals surface area contributed by atoms with E-state index >= 15 is 0 Å². The molecule has 0 saturated carbocycles. The minimum Gasteiger partial charge on any atom is -0.497 e. The van der Waals surface area contributed by atoms with Crippen molar-refractivity contribution in [3.05, 3.63) is 47.3 Å². The van der Waals surface area contributed by atoms with Crippen LogP contribution >= 0.6 is 0 Å². The van der Waals surface area contributed by atoms with Crippen LogP contribution in [0.25, 0.3) is 5.69 Å². The molecule has 0 spiro atoms. The number of aliphatic hydroxyl groups excluding tert-OH is 1. The number of rotatable bonds is 2. The van der Waals surface area contributed by atoms with Gasteiger partial charge in [0.25, 0.3) is 0 Å². The molecule has 112 valence electrons. The Morgan fingerprint density at radius 1 is 1.29 bits per heavy atom. The number of nitrogens with zero attached hydrogens (tertiary/aromatic N) is 1. The van der Waals surface area contributed by atoms with E-state index in [-0.39, 0.29) is 11.5 Å². The molecule has 1 heterocycles. The molecule has 3 heteroatoms. The van der Waals surface area contributed by atoms with Gasteiger partial charge in [0, 0.05) is 28.7 Å². The molecule has 21 heavy (non-hydrogen) atoms. The smallest absolute Gasteiger partial charge is 0.120 e. The topological polar surface area (TPSA) is 34.4 Å². The second-order valence-electron chi connectivity index (χ2n) is 6.79. The Labute approximate surface area is 126 Å². The number of benzene rings is 1. The third-order valence-corrected chi connectivity index (χ3v) is 4.38. The summed E-state index contributed by atoms with van der Waals surface area (Å²) in [5.74, 6) is 0.852. The Bertz CT molecular complexity index is 670. The van der Waals surface area contributed by atoms with E-state index in [1.165, 1.54) is 5.69 Å². The Kier molecular flexibility index (Phi) is 3.33. The van der Waals surface area contributed by atoms with Gasteiger partial charge in [0.05, 0.1) is 13.2 Å². The van der Waals surface area contributed by atoms with Crippen molar-refractivity contribution in [2.24, 2.45) is 5.41 Å². The molecular formula is C18H23NO2. The van der Waals surface area contributed by atoms with Crippen molar-refractivity contribution in [3.8, 4) is 11.4 Å². The number of hydrogen-bond acceptors (Lipinski definition) is 2. The highest BCUT2D eigenvalue weighted by Gasteiger charge is 2.34. The fourth-order valence-corrected chi connectivity index (χ4v) is 3.45. The molecule has 3 rings (SSSR count). The predicted molar refractivity (Wildman–Crippen MR) is 84.1 cm³/mol. The SMILES string of the molecule is COc1cccc(-n2c(C)cc3c2CC(C)(C)CC3O)c1. The standard InChI is InChI=1S/C18H23NO2/c1-12-8-15-16(10-18(2,3)11-17(15)20)19(12)13-6-5-7-14(9-13)21-4/h5-9,17,20H,10-11H2,1-4H3. The predicted octanol–water partition coefficient (Wildman–Crippen LogP) is 3.80. The molecule has 0 radical (unpaired) electrons. The maximum Gasteiger partial charge on any atom is 0.120 e. The summed E-state index contributed by atoms with van der Waals surface area (Å²) in [6.45, 7) is 6.53. The highest BCUT2D eigenvalue weighted by molar-refractivity contribution is 5.46. The van der Waals surface area contributed by atoms with Crippen molar-refractivity contribution < 1.29 is 9.84 Å². The summed E-state index contributed by atoms with van der Waals surface area (Å²) >= 11 is 0. The van der Waals surface area contributed by atoms with Crippen molar-refractivity contribution in [1.82, 2.24) is 4.57 Å². The number of aromatic nitrogens is 1. The van der Waals surface area contributed by atoms with Gasteiger partial charge in [0.2, 0.25) is 0 Å². The van der Waals surface area contributed by atoms with Crippen LogP contribution in [0, 0.1) is 12.3 Å². The summed E-state index contributed by atoms with van der Waals surface area (Å²) in [6, 6.07) is 10.2. The molecule has 1 unspecified atom stereocenters. The first-order chi connectivity index (χ1) is 9.91.